The van der Waals surface area contributed by atoms with Gasteiger partial charge in [0.1, 0.15) is 11.6 Å². The van der Waals surface area contributed by atoms with E-state index in [1.807, 2.05) is 12.1 Å². The first-order chi connectivity index (χ1) is 12.1. The maximum atomic E-state index is 14.0. The molecule has 0 bridgehead atoms. The Kier molecular flexibility index (Phi) is 4.71. The second kappa shape index (κ2) is 6.98. The quantitative estimate of drug-likeness (QED) is 0.810. The van der Waals surface area contributed by atoms with Gasteiger partial charge < -0.3 is 9.64 Å². The number of hydrogen-bond donors (Lipinski definition) is 0. The zero-order valence-electron chi connectivity index (χ0n) is 14.7. The monoisotopic (exact) mass is 358 g/mol. The Labute approximate surface area is 152 Å². The SMILES string of the molecule is COc1ccc2c(c1)Sc1ccc(F)cc1C(N1CCN(C)CC1)C2. The second-order valence-electron chi connectivity index (χ2n) is 6.82. The number of piperazine rings is 1. The predicted molar refractivity (Wildman–Crippen MR) is 99.0 cm³/mol. The van der Waals surface area contributed by atoms with Crippen LogP contribution in [0.25, 0.3) is 0 Å². The minimum Gasteiger partial charge on any atom is -0.497 e. The van der Waals surface area contributed by atoms with Crippen LogP contribution in [0.3, 0.4) is 0 Å². The van der Waals surface area contributed by atoms with Crippen molar-refractivity contribution in [2.45, 2.75) is 22.3 Å². The fourth-order valence-electron chi connectivity index (χ4n) is 3.69. The van der Waals surface area contributed by atoms with E-state index < -0.39 is 0 Å². The van der Waals surface area contributed by atoms with Crippen molar-refractivity contribution >= 4 is 11.8 Å². The Morgan fingerprint density at radius 2 is 1.84 bits per heavy atom. The predicted octanol–water partition coefficient (Wildman–Crippen LogP) is 3.83. The minimum atomic E-state index is -0.151. The first-order valence-corrected chi connectivity index (χ1v) is 9.52. The zero-order chi connectivity index (χ0) is 17.4. The Morgan fingerprint density at radius 3 is 2.60 bits per heavy atom. The molecule has 4 rings (SSSR count). The summed E-state index contributed by atoms with van der Waals surface area (Å²) in [7, 11) is 3.86. The lowest BCUT2D eigenvalue weighted by Crippen LogP contribution is -2.46. The summed E-state index contributed by atoms with van der Waals surface area (Å²) in [5, 5.41) is 0. The molecule has 3 nitrogen and oxygen atoms in total. The molecule has 0 amide bonds. The molecule has 1 fully saturated rings. The number of likely N-dealkylation sites (N-methyl/N-ethyl adjacent to an activating group) is 1. The number of halogens is 1. The van der Waals surface area contributed by atoms with Crippen LogP contribution in [0.15, 0.2) is 46.2 Å². The van der Waals surface area contributed by atoms with E-state index in [-0.39, 0.29) is 11.9 Å². The van der Waals surface area contributed by atoms with Gasteiger partial charge in [0.25, 0.3) is 0 Å². The largest absolute Gasteiger partial charge is 0.497 e. The summed E-state index contributed by atoms with van der Waals surface area (Å²) in [5.41, 5.74) is 2.43. The molecule has 2 aromatic carbocycles. The zero-order valence-corrected chi connectivity index (χ0v) is 15.5. The van der Waals surface area contributed by atoms with E-state index in [0.29, 0.717) is 0 Å². The molecule has 1 saturated heterocycles. The number of rotatable bonds is 2. The summed E-state index contributed by atoms with van der Waals surface area (Å²) in [5.74, 6) is 0.718. The minimum absolute atomic E-state index is 0.151. The summed E-state index contributed by atoms with van der Waals surface area (Å²) in [6.45, 7) is 4.16. The van der Waals surface area contributed by atoms with Crippen molar-refractivity contribution < 1.29 is 9.13 Å². The van der Waals surface area contributed by atoms with E-state index in [4.69, 9.17) is 4.74 Å². The molecule has 5 heteroatoms. The van der Waals surface area contributed by atoms with Gasteiger partial charge in [-0.1, -0.05) is 17.8 Å². The Morgan fingerprint density at radius 1 is 1.04 bits per heavy atom. The molecule has 2 heterocycles. The highest BCUT2D eigenvalue weighted by Gasteiger charge is 2.29. The molecule has 132 valence electrons. The van der Waals surface area contributed by atoms with E-state index in [1.165, 1.54) is 10.5 Å². The smallest absolute Gasteiger partial charge is 0.123 e. The average molecular weight is 358 g/mol. The number of nitrogens with zero attached hydrogens (tertiary/aromatic N) is 2. The molecule has 2 aromatic rings. The average Bonchev–Trinajstić information content (AvgIpc) is 2.78. The Bertz CT molecular complexity index is 774. The van der Waals surface area contributed by atoms with Crippen LogP contribution >= 0.6 is 11.8 Å². The molecule has 0 aromatic heterocycles. The van der Waals surface area contributed by atoms with E-state index in [0.717, 1.165) is 48.8 Å². The van der Waals surface area contributed by atoms with Crippen LogP contribution in [0, 0.1) is 5.82 Å². The molecular formula is C20H23FN2OS. The summed E-state index contributed by atoms with van der Waals surface area (Å²) in [6.07, 6.45) is 0.909. The number of hydrogen-bond acceptors (Lipinski definition) is 4. The van der Waals surface area contributed by atoms with Gasteiger partial charge in [-0.15, -0.1) is 0 Å². The molecular weight excluding hydrogens is 335 g/mol. The summed E-state index contributed by atoms with van der Waals surface area (Å²) in [4.78, 5) is 7.23. The van der Waals surface area contributed by atoms with Crippen LogP contribution < -0.4 is 4.74 Å². The van der Waals surface area contributed by atoms with Crippen LogP contribution in [-0.4, -0.2) is 50.1 Å². The van der Waals surface area contributed by atoms with Crippen LogP contribution in [0.1, 0.15) is 17.2 Å². The van der Waals surface area contributed by atoms with Crippen molar-refractivity contribution in [3.63, 3.8) is 0 Å². The Hall–Kier alpha value is -1.56. The topological polar surface area (TPSA) is 15.7 Å². The molecule has 1 unspecified atom stereocenters. The van der Waals surface area contributed by atoms with Crippen LogP contribution in [0.2, 0.25) is 0 Å². The normalized spacial score (nSPS) is 21.3. The van der Waals surface area contributed by atoms with Gasteiger partial charge in [-0.2, -0.15) is 0 Å². The van der Waals surface area contributed by atoms with Gasteiger partial charge >= 0.3 is 0 Å². The van der Waals surface area contributed by atoms with Crippen molar-refractivity contribution in [1.82, 2.24) is 9.80 Å². The summed E-state index contributed by atoms with van der Waals surface area (Å²) in [6, 6.07) is 11.7. The van der Waals surface area contributed by atoms with Gasteiger partial charge in [0.2, 0.25) is 0 Å². The van der Waals surface area contributed by atoms with Gasteiger partial charge in [-0.3, -0.25) is 4.90 Å². The van der Waals surface area contributed by atoms with Gasteiger partial charge in [0.15, 0.2) is 0 Å². The van der Waals surface area contributed by atoms with Crippen molar-refractivity contribution in [3.05, 3.63) is 53.3 Å². The molecule has 0 radical (unpaired) electrons. The first-order valence-electron chi connectivity index (χ1n) is 8.71. The third-order valence-electron chi connectivity index (χ3n) is 5.22. The highest BCUT2D eigenvalue weighted by molar-refractivity contribution is 7.99. The van der Waals surface area contributed by atoms with E-state index in [9.17, 15) is 4.39 Å². The Balaban J connectivity index is 1.76. The van der Waals surface area contributed by atoms with Crippen molar-refractivity contribution in [2.24, 2.45) is 0 Å². The fraction of sp³-hybridized carbons (Fsp3) is 0.400. The fourth-order valence-corrected chi connectivity index (χ4v) is 4.84. The van der Waals surface area contributed by atoms with Gasteiger partial charge in [-0.25, -0.2) is 4.39 Å². The molecule has 2 aliphatic heterocycles. The number of fused-ring (bicyclic) bond motifs is 2. The van der Waals surface area contributed by atoms with Crippen molar-refractivity contribution in [1.29, 1.82) is 0 Å². The molecule has 0 aliphatic carbocycles. The van der Waals surface area contributed by atoms with Crippen molar-refractivity contribution in [3.8, 4) is 5.75 Å². The molecule has 1 atom stereocenters. The lowest BCUT2D eigenvalue weighted by atomic mass is 9.96. The molecule has 25 heavy (non-hydrogen) atoms. The van der Waals surface area contributed by atoms with Crippen LogP contribution in [0.5, 0.6) is 5.75 Å². The second-order valence-corrected chi connectivity index (χ2v) is 7.90. The number of ether oxygens (including phenoxy) is 1. The lowest BCUT2D eigenvalue weighted by Gasteiger charge is -2.38. The summed E-state index contributed by atoms with van der Waals surface area (Å²) >= 11 is 1.73. The lowest BCUT2D eigenvalue weighted by molar-refractivity contribution is 0.109. The third kappa shape index (κ3) is 3.41. The van der Waals surface area contributed by atoms with E-state index in [2.05, 4.69) is 29.0 Å². The molecule has 0 N–H and O–H groups in total. The summed E-state index contributed by atoms with van der Waals surface area (Å²) < 4.78 is 19.4. The highest BCUT2D eigenvalue weighted by atomic mass is 32.2. The maximum absolute atomic E-state index is 14.0. The number of benzene rings is 2. The standard InChI is InChI=1S/C20H23FN2OS/c1-22-7-9-23(10-8-22)18-11-14-3-5-16(24-2)13-20(14)25-19-6-4-15(21)12-17(18)19/h3-6,12-13,18H,7-11H2,1-2H3. The van der Waals surface area contributed by atoms with E-state index in [1.54, 1.807) is 31.0 Å². The maximum Gasteiger partial charge on any atom is 0.123 e. The third-order valence-corrected chi connectivity index (χ3v) is 6.41. The molecule has 0 spiro atoms. The van der Waals surface area contributed by atoms with Crippen LogP contribution in [0.4, 0.5) is 4.39 Å². The van der Waals surface area contributed by atoms with Gasteiger partial charge in [0, 0.05) is 42.0 Å². The number of methoxy groups -OCH3 is 1. The van der Waals surface area contributed by atoms with Crippen molar-refractivity contribution in [2.75, 3.05) is 40.3 Å². The van der Waals surface area contributed by atoms with Crippen LogP contribution in [-0.2, 0) is 6.42 Å². The van der Waals surface area contributed by atoms with E-state index >= 15 is 0 Å². The first kappa shape index (κ1) is 16.9. The van der Waals surface area contributed by atoms with Gasteiger partial charge in [0.05, 0.1) is 7.11 Å². The highest BCUT2D eigenvalue weighted by Crippen LogP contribution is 2.44. The molecule has 2 aliphatic rings. The molecule has 0 saturated carbocycles. The van der Waals surface area contributed by atoms with Gasteiger partial charge in [-0.05, 0) is 54.9 Å².